The molecule has 0 aromatic carbocycles. The molecule has 0 spiro atoms. The lowest BCUT2D eigenvalue weighted by molar-refractivity contribution is -0.127. The van der Waals surface area contributed by atoms with Gasteiger partial charge in [-0.3, -0.25) is 9.69 Å². The lowest BCUT2D eigenvalue weighted by Crippen LogP contribution is -2.52. The predicted molar refractivity (Wildman–Crippen MR) is 59.0 cm³/mol. The molecule has 2 rings (SSSR count). The van der Waals surface area contributed by atoms with E-state index in [4.69, 9.17) is 9.84 Å². The van der Waals surface area contributed by atoms with Gasteiger partial charge >= 0.3 is 0 Å². The van der Waals surface area contributed by atoms with Crippen LogP contribution in [0.25, 0.3) is 0 Å². The minimum absolute atomic E-state index is 0.0213. The number of nitrogens with one attached hydrogen (secondary N) is 1. The average molecular weight is 228 g/mol. The van der Waals surface area contributed by atoms with Crippen molar-refractivity contribution in [2.45, 2.75) is 38.0 Å². The third-order valence-electron chi connectivity index (χ3n) is 3.13. The lowest BCUT2D eigenvalue weighted by atomic mass is 10.2. The van der Waals surface area contributed by atoms with Gasteiger partial charge < -0.3 is 15.2 Å². The van der Waals surface area contributed by atoms with Crippen LogP contribution in [-0.4, -0.2) is 60.4 Å². The van der Waals surface area contributed by atoms with Crippen molar-refractivity contribution in [3.05, 3.63) is 0 Å². The number of hydrogen-bond donors (Lipinski definition) is 2. The molecule has 5 nitrogen and oxygen atoms in total. The highest BCUT2D eigenvalue weighted by Gasteiger charge is 2.29. The number of carbonyl (C=O) groups excluding carboxylic acids is 1. The summed E-state index contributed by atoms with van der Waals surface area (Å²) in [5, 5.41) is 12.0. The van der Waals surface area contributed by atoms with E-state index in [2.05, 4.69) is 10.2 Å². The van der Waals surface area contributed by atoms with Crippen LogP contribution in [0.2, 0.25) is 0 Å². The summed E-state index contributed by atoms with van der Waals surface area (Å²) in [6, 6.07) is 0.658. The first kappa shape index (κ1) is 11.8. The van der Waals surface area contributed by atoms with Gasteiger partial charge in [0, 0.05) is 18.6 Å². The molecule has 2 aliphatic rings. The molecule has 16 heavy (non-hydrogen) atoms. The summed E-state index contributed by atoms with van der Waals surface area (Å²) in [6.45, 7) is 3.70. The zero-order valence-electron chi connectivity index (χ0n) is 9.69. The molecule has 2 fully saturated rings. The van der Waals surface area contributed by atoms with Crippen molar-refractivity contribution < 1.29 is 14.6 Å². The summed E-state index contributed by atoms with van der Waals surface area (Å²) in [7, 11) is 0. The Labute approximate surface area is 95.8 Å². The maximum absolute atomic E-state index is 11.6. The van der Waals surface area contributed by atoms with Crippen molar-refractivity contribution >= 4 is 5.91 Å². The van der Waals surface area contributed by atoms with Crippen molar-refractivity contribution in [1.29, 1.82) is 0 Å². The Balaban J connectivity index is 1.78. The van der Waals surface area contributed by atoms with E-state index in [-0.39, 0.29) is 24.7 Å². The predicted octanol–water partition coefficient (Wildman–Crippen LogP) is -0.653. The molecule has 92 valence electrons. The third-order valence-corrected chi connectivity index (χ3v) is 3.13. The van der Waals surface area contributed by atoms with E-state index in [9.17, 15) is 4.79 Å². The van der Waals surface area contributed by atoms with Crippen LogP contribution in [0.1, 0.15) is 19.8 Å². The zero-order valence-corrected chi connectivity index (χ0v) is 9.69. The summed E-state index contributed by atoms with van der Waals surface area (Å²) in [6.07, 6.45) is 2.08. The lowest BCUT2D eigenvalue weighted by Gasteiger charge is -2.36. The van der Waals surface area contributed by atoms with Crippen molar-refractivity contribution in [3.8, 4) is 0 Å². The molecule has 5 heteroatoms. The van der Waals surface area contributed by atoms with Gasteiger partial charge in [0.25, 0.3) is 0 Å². The van der Waals surface area contributed by atoms with E-state index in [1.807, 2.05) is 6.92 Å². The van der Waals surface area contributed by atoms with Crippen LogP contribution in [0.15, 0.2) is 0 Å². The summed E-state index contributed by atoms with van der Waals surface area (Å²) in [5.41, 5.74) is 0. The first-order valence-electron chi connectivity index (χ1n) is 5.95. The minimum Gasteiger partial charge on any atom is -0.394 e. The maximum atomic E-state index is 11.6. The van der Waals surface area contributed by atoms with Gasteiger partial charge in [-0.05, 0) is 19.8 Å². The molecule has 1 saturated heterocycles. The van der Waals surface area contributed by atoms with Crippen LogP contribution in [0.3, 0.4) is 0 Å². The van der Waals surface area contributed by atoms with Gasteiger partial charge in [-0.2, -0.15) is 0 Å². The van der Waals surface area contributed by atoms with Crippen molar-refractivity contribution in [1.82, 2.24) is 10.2 Å². The highest BCUT2D eigenvalue weighted by Crippen LogP contribution is 2.18. The fourth-order valence-electron chi connectivity index (χ4n) is 1.89. The van der Waals surface area contributed by atoms with Gasteiger partial charge in [0.15, 0.2) is 0 Å². The molecule has 2 N–H and O–H groups in total. The Bertz CT molecular complexity index is 256. The molecule has 2 unspecified atom stereocenters. The van der Waals surface area contributed by atoms with Crippen LogP contribution >= 0.6 is 0 Å². The molecular formula is C11H20N2O3. The molecule has 1 saturated carbocycles. The van der Waals surface area contributed by atoms with Gasteiger partial charge in [-0.1, -0.05) is 0 Å². The van der Waals surface area contributed by atoms with E-state index in [1.165, 1.54) is 0 Å². The average Bonchev–Trinajstić information content (AvgIpc) is 3.05. The topological polar surface area (TPSA) is 61.8 Å². The first-order chi connectivity index (χ1) is 7.69. The molecule has 0 bridgehead atoms. The van der Waals surface area contributed by atoms with Gasteiger partial charge in [0.2, 0.25) is 5.91 Å². The molecule has 0 aromatic rings. The fraction of sp³-hybridized carbons (Fsp3) is 0.909. The second-order valence-electron chi connectivity index (χ2n) is 4.76. The monoisotopic (exact) mass is 228 g/mol. The number of amides is 1. The molecule has 1 heterocycles. The van der Waals surface area contributed by atoms with Crippen LogP contribution < -0.4 is 5.32 Å². The SMILES string of the molecule is CC1COC(CO)CN1CC(=O)NC1CC1. The first-order valence-corrected chi connectivity index (χ1v) is 5.95. The Morgan fingerprint density at radius 1 is 1.56 bits per heavy atom. The molecule has 0 aromatic heterocycles. The molecule has 0 radical (unpaired) electrons. The van der Waals surface area contributed by atoms with Crippen LogP contribution in [0.4, 0.5) is 0 Å². The standard InChI is InChI=1S/C11H20N2O3/c1-8-7-16-10(6-14)4-13(8)5-11(15)12-9-2-3-9/h8-10,14H,2-7H2,1H3,(H,12,15). The minimum atomic E-state index is -0.148. The van der Waals surface area contributed by atoms with Gasteiger partial charge in [-0.25, -0.2) is 0 Å². The second-order valence-corrected chi connectivity index (χ2v) is 4.76. The van der Waals surface area contributed by atoms with E-state index in [0.29, 0.717) is 25.7 Å². The summed E-state index contributed by atoms with van der Waals surface area (Å²) in [5.74, 6) is 0.0907. The third kappa shape index (κ3) is 3.17. The van der Waals surface area contributed by atoms with E-state index < -0.39 is 0 Å². The molecule has 2 atom stereocenters. The van der Waals surface area contributed by atoms with Crippen LogP contribution in [-0.2, 0) is 9.53 Å². The van der Waals surface area contributed by atoms with E-state index in [0.717, 1.165) is 12.8 Å². The highest BCUT2D eigenvalue weighted by molar-refractivity contribution is 5.78. The quantitative estimate of drug-likeness (QED) is 0.671. The zero-order chi connectivity index (χ0) is 11.5. The molecule has 1 amide bonds. The normalized spacial score (nSPS) is 31.4. The number of aliphatic hydroxyl groups excluding tert-OH is 1. The summed E-state index contributed by atoms with van der Waals surface area (Å²) < 4.78 is 5.42. The van der Waals surface area contributed by atoms with Gasteiger partial charge in [0.05, 0.1) is 25.9 Å². The number of carbonyl (C=O) groups is 1. The smallest absolute Gasteiger partial charge is 0.234 e. The number of ether oxygens (including phenoxy) is 1. The molecule has 1 aliphatic heterocycles. The fourth-order valence-corrected chi connectivity index (χ4v) is 1.89. The van der Waals surface area contributed by atoms with Crippen LogP contribution in [0, 0.1) is 0 Å². The Kier molecular flexibility index (Phi) is 3.78. The number of rotatable bonds is 4. The highest BCUT2D eigenvalue weighted by atomic mass is 16.5. The number of morpholine rings is 1. The van der Waals surface area contributed by atoms with E-state index in [1.54, 1.807) is 0 Å². The maximum Gasteiger partial charge on any atom is 0.234 e. The second kappa shape index (κ2) is 5.12. The Hall–Kier alpha value is -0.650. The molecule has 1 aliphatic carbocycles. The number of aliphatic hydroxyl groups is 1. The van der Waals surface area contributed by atoms with Gasteiger partial charge in [0.1, 0.15) is 0 Å². The molecular weight excluding hydrogens is 208 g/mol. The van der Waals surface area contributed by atoms with E-state index >= 15 is 0 Å². The van der Waals surface area contributed by atoms with Crippen molar-refractivity contribution in [2.75, 3.05) is 26.3 Å². The van der Waals surface area contributed by atoms with Crippen molar-refractivity contribution in [3.63, 3.8) is 0 Å². The number of hydrogen-bond acceptors (Lipinski definition) is 4. The Morgan fingerprint density at radius 2 is 2.31 bits per heavy atom. The number of nitrogens with zero attached hydrogens (tertiary/aromatic N) is 1. The largest absolute Gasteiger partial charge is 0.394 e. The summed E-state index contributed by atoms with van der Waals surface area (Å²) in [4.78, 5) is 13.7. The summed E-state index contributed by atoms with van der Waals surface area (Å²) >= 11 is 0. The van der Waals surface area contributed by atoms with Crippen molar-refractivity contribution in [2.24, 2.45) is 0 Å². The van der Waals surface area contributed by atoms with Crippen LogP contribution in [0.5, 0.6) is 0 Å². The Morgan fingerprint density at radius 3 is 2.94 bits per heavy atom. The van der Waals surface area contributed by atoms with Gasteiger partial charge in [-0.15, -0.1) is 0 Å².